The molecule has 0 spiro atoms. The van der Waals surface area contributed by atoms with Crippen LogP contribution in [0.15, 0.2) is 24.3 Å². The third-order valence-electron chi connectivity index (χ3n) is 4.05. The van der Waals surface area contributed by atoms with Crippen molar-refractivity contribution in [1.29, 1.82) is 0 Å². The molecule has 1 saturated carbocycles. The predicted octanol–water partition coefficient (Wildman–Crippen LogP) is 2.24. The van der Waals surface area contributed by atoms with Gasteiger partial charge in [-0.3, -0.25) is 4.79 Å². The minimum absolute atomic E-state index is 0.167. The second-order valence-electron chi connectivity index (χ2n) is 5.60. The van der Waals surface area contributed by atoms with Gasteiger partial charge in [0.15, 0.2) is 0 Å². The van der Waals surface area contributed by atoms with Crippen LogP contribution >= 0.6 is 11.6 Å². The molecule has 0 aliphatic heterocycles. The molecule has 1 amide bonds. The molecule has 0 radical (unpaired) electrons. The minimum atomic E-state index is -3.56. The molecular formula is C15H21ClN2O3S. The first kappa shape index (κ1) is 17.2. The van der Waals surface area contributed by atoms with Crippen LogP contribution in [0, 0.1) is 5.92 Å². The van der Waals surface area contributed by atoms with Crippen LogP contribution in [0.2, 0.25) is 5.02 Å². The highest BCUT2D eigenvalue weighted by atomic mass is 35.5. The van der Waals surface area contributed by atoms with Gasteiger partial charge in [-0.25, -0.2) is 13.1 Å². The van der Waals surface area contributed by atoms with Crippen molar-refractivity contribution in [2.24, 2.45) is 5.92 Å². The van der Waals surface area contributed by atoms with E-state index >= 15 is 0 Å². The van der Waals surface area contributed by atoms with Crippen LogP contribution in [0.5, 0.6) is 0 Å². The van der Waals surface area contributed by atoms with Gasteiger partial charge < -0.3 is 5.32 Å². The summed E-state index contributed by atoms with van der Waals surface area (Å²) in [6, 6.07) is 7.18. The van der Waals surface area contributed by atoms with E-state index in [2.05, 4.69) is 10.0 Å². The summed E-state index contributed by atoms with van der Waals surface area (Å²) in [6.07, 6.45) is 4.34. The average Bonchev–Trinajstić information content (AvgIpc) is 2.99. The lowest BCUT2D eigenvalue weighted by molar-refractivity contribution is -0.119. The highest BCUT2D eigenvalue weighted by molar-refractivity contribution is 7.90. The zero-order valence-corrected chi connectivity index (χ0v) is 14.1. The standard InChI is InChI=1S/C15H21ClN2O3S/c1-17-22(20,21)10-14(19)18-15(11-4-2-3-5-11)12-6-8-13(16)9-7-12/h6-9,11,15,17H,2-5,10H2,1H3,(H,18,19). The van der Waals surface area contributed by atoms with Crippen molar-refractivity contribution in [3.8, 4) is 0 Å². The van der Waals surface area contributed by atoms with Crippen LogP contribution in [-0.4, -0.2) is 27.1 Å². The maximum absolute atomic E-state index is 12.1. The molecule has 1 aromatic rings. The first-order valence-electron chi connectivity index (χ1n) is 7.37. The van der Waals surface area contributed by atoms with Gasteiger partial charge >= 0.3 is 0 Å². The van der Waals surface area contributed by atoms with Crippen LogP contribution in [0.4, 0.5) is 0 Å². The Morgan fingerprint density at radius 3 is 2.41 bits per heavy atom. The zero-order valence-electron chi connectivity index (χ0n) is 12.5. The number of carbonyl (C=O) groups is 1. The van der Waals surface area contributed by atoms with Crippen molar-refractivity contribution in [2.45, 2.75) is 31.7 Å². The number of benzene rings is 1. The minimum Gasteiger partial charge on any atom is -0.348 e. The summed E-state index contributed by atoms with van der Waals surface area (Å²) in [5, 5.41) is 3.52. The number of hydrogen-bond acceptors (Lipinski definition) is 3. The van der Waals surface area contributed by atoms with Crippen LogP contribution in [-0.2, 0) is 14.8 Å². The van der Waals surface area contributed by atoms with Crippen molar-refractivity contribution in [3.63, 3.8) is 0 Å². The third kappa shape index (κ3) is 4.69. The van der Waals surface area contributed by atoms with Gasteiger partial charge in [-0.15, -0.1) is 0 Å². The second kappa shape index (κ2) is 7.44. The first-order chi connectivity index (χ1) is 10.4. The molecule has 2 rings (SSSR count). The molecule has 0 saturated heterocycles. The fourth-order valence-electron chi connectivity index (χ4n) is 2.89. The smallest absolute Gasteiger partial charge is 0.237 e. The molecule has 0 bridgehead atoms. The molecule has 1 fully saturated rings. The van der Waals surface area contributed by atoms with Gasteiger partial charge in [0.2, 0.25) is 15.9 Å². The molecule has 2 N–H and O–H groups in total. The Morgan fingerprint density at radius 2 is 1.86 bits per heavy atom. The summed E-state index contributed by atoms with van der Waals surface area (Å²) in [4.78, 5) is 12.1. The van der Waals surface area contributed by atoms with E-state index in [1.165, 1.54) is 7.05 Å². The van der Waals surface area contributed by atoms with Gasteiger partial charge in [0.1, 0.15) is 5.75 Å². The van der Waals surface area contributed by atoms with E-state index in [-0.39, 0.29) is 6.04 Å². The Kier molecular flexibility index (Phi) is 5.83. The number of rotatable bonds is 6. The molecule has 7 heteroatoms. The Balaban J connectivity index is 2.14. The molecule has 0 heterocycles. The number of amides is 1. The largest absolute Gasteiger partial charge is 0.348 e. The average molecular weight is 345 g/mol. The number of carbonyl (C=O) groups excluding carboxylic acids is 1. The van der Waals surface area contributed by atoms with Gasteiger partial charge in [-0.1, -0.05) is 36.6 Å². The van der Waals surface area contributed by atoms with Gasteiger partial charge in [0.05, 0.1) is 6.04 Å². The van der Waals surface area contributed by atoms with Crippen molar-refractivity contribution >= 4 is 27.5 Å². The molecule has 0 aromatic heterocycles. The second-order valence-corrected chi connectivity index (χ2v) is 7.97. The van der Waals surface area contributed by atoms with Gasteiger partial charge in [-0.2, -0.15) is 0 Å². The Bertz CT molecular complexity index is 610. The van der Waals surface area contributed by atoms with Gasteiger partial charge in [0.25, 0.3) is 0 Å². The van der Waals surface area contributed by atoms with Crippen LogP contribution in [0.25, 0.3) is 0 Å². The van der Waals surface area contributed by atoms with Crippen molar-refractivity contribution in [2.75, 3.05) is 12.8 Å². The van der Waals surface area contributed by atoms with Gasteiger partial charge in [-0.05, 0) is 43.5 Å². The number of hydrogen-bond donors (Lipinski definition) is 2. The number of sulfonamides is 1. The van der Waals surface area contributed by atoms with E-state index in [1.807, 2.05) is 12.1 Å². The summed E-state index contributed by atoms with van der Waals surface area (Å²) in [7, 11) is -2.26. The highest BCUT2D eigenvalue weighted by Crippen LogP contribution is 2.36. The number of halogens is 1. The van der Waals surface area contributed by atoms with E-state index < -0.39 is 21.7 Å². The highest BCUT2D eigenvalue weighted by Gasteiger charge is 2.28. The first-order valence-corrected chi connectivity index (χ1v) is 9.40. The molecule has 1 aliphatic rings. The summed E-state index contributed by atoms with van der Waals surface area (Å²) < 4.78 is 25.2. The van der Waals surface area contributed by atoms with Crippen molar-refractivity contribution in [3.05, 3.63) is 34.9 Å². The van der Waals surface area contributed by atoms with Crippen molar-refractivity contribution < 1.29 is 13.2 Å². The third-order valence-corrected chi connectivity index (χ3v) is 5.57. The molecule has 1 aliphatic carbocycles. The summed E-state index contributed by atoms with van der Waals surface area (Å²) in [5.41, 5.74) is 0.964. The lowest BCUT2D eigenvalue weighted by atomic mass is 9.91. The summed E-state index contributed by atoms with van der Waals surface area (Å²) in [5.74, 6) is -0.705. The molecule has 1 aromatic carbocycles. The fraction of sp³-hybridized carbons (Fsp3) is 0.533. The topological polar surface area (TPSA) is 75.3 Å². The summed E-state index contributed by atoms with van der Waals surface area (Å²) >= 11 is 5.91. The van der Waals surface area contributed by atoms with Crippen LogP contribution in [0.3, 0.4) is 0 Å². The maximum atomic E-state index is 12.1. The lowest BCUT2D eigenvalue weighted by Crippen LogP contribution is -2.39. The SMILES string of the molecule is CNS(=O)(=O)CC(=O)NC(c1ccc(Cl)cc1)C1CCCC1. The quantitative estimate of drug-likeness (QED) is 0.831. The molecular weight excluding hydrogens is 324 g/mol. The molecule has 1 unspecified atom stereocenters. The van der Waals surface area contributed by atoms with Crippen molar-refractivity contribution in [1.82, 2.24) is 10.0 Å². The van der Waals surface area contributed by atoms with E-state index in [9.17, 15) is 13.2 Å². The Hall–Kier alpha value is -1.11. The van der Waals surface area contributed by atoms with E-state index in [0.717, 1.165) is 31.2 Å². The fourth-order valence-corrected chi connectivity index (χ4v) is 3.59. The maximum Gasteiger partial charge on any atom is 0.237 e. The van der Waals surface area contributed by atoms with Crippen LogP contribution < -0.4 is 10.0 Å². The lowest BCUT2D eigenvalue weighted by Gasteiger charge is -2.25. The van der Waals surface area contributed by atoms with E-state index in [0.29, 0.717) is 10.9 Å². The normalized spacial score (nSPS) is 17.4. The summed E-state index contributed by atoms with van der Waals surface area (Å²) in [6.45, 7) is 0. The zero-order chi connectivity index (χ0) is 16.2. The predicted molar refractivity (Wildman–Crippen MR) is 87.1 cm³/mol. The Labute approximate surface area is 136 Å². The van der Waals surface area contributed by atoms with Gasteiger partial charge in [0, 0.05) is 5.02 Å². The number of nitrogens with one attached hydrogen (secondary N) is 2. The monoisotopic (exact) mass is 344 g/mol. The van der Waals surface area contributed by atoms with E-state index in [1.54, 1.807) is 12.1 Å². The molecule has 22 heavy (non-hydrogen) atoms. The Morgan fingerprint density at radius 1 is 1.27 bits per heavy atom. The molecule has 1 atom stereocenters. The molecule has 5 nitrogen and oxygen atoms in total. The van der Waals surface area contributed by atoms with E-state index in [4.69, 9.17) is 11.6 Å². The molecule has 122 valence electrons. The van der Waals surface area contributed by atoms with Crippen LogP contribution in [0.1, 0.15) is 37.3 Å².